The van der Waals surface area contributed by atoms with Crippen LogP contribution in [-0.2, 0) is 18.9 Å². The molecule has 0 amide bonds. The molecule has 0 fully saturated rings. The van der Waals surface area contributed by atoms with Gasteiger partial charge in [-0.1, -0.05) is 37.6 Å². The van der Waals surface area contributed by atoms with Crippen LogP contribution in [-0.4, -0.2) is 52.0 Å². The van der Waals surface area contributed by atoms with Crippen molar-refractivity contribution in [2.75, 3.05) is 0 Å². The number of aromatic amines is 1. The number of tetrazole rings is 1. The van der Waals surface area contributed by atoms with Crippen molar-refractivity contribution in [1.82, 2.24) is 34.7 Å². The maximum absolute atomic E-state index is 14.5. The molecule has 3 aromatic heterocycles. The van der Waals surface area contributed by atoms with Gasteiger partial charge in [0.15, 0.2) is 11.4 Å². The topological polar surface area (TPSA) is 115 Å². The van der Waals surface area contributed by atoms with Gasteiger partial charge in [-0.05, 0) is 41.5 Å². The van der Waals surface area contributed by atoms with Gasteiger partial charge in [-0.25, -0.2) is 9.78 Å². The van der Waals surface area contributed by atoms with Gasteiger partial charge in [-0.2, -0.15) is 27.2 Å². The van der Waals surface area contributed by atoms with Crippen molar-refractivity contribution >= 4 is 16.9 Å². The third kappa shape index (κ3) is 4.58. The van der Waals surface area contributed by atoms with Crippen LogP contribution in [0.3, 0.4) is 0 Å². The van der Waals surface area contributed by atoms with Crippen molar-refractivity contribution in [3.8, 4) is 17.1 Å². The molecule has 5 aromatic rings. The smallest absolute Gasteiger partial charge is 0.459 e. The number of hydrogen-bond acceptors (Lipinski definition) is 5. The lowest BCUT2D eigenvalue weighted by atomic mass is 10.1. The highest BCUT2D eigenvalue weighted by atomic mass is 19.4. The molecule has 5 rings (SSSR count). The number of para-hydroxylation sites is 1. The van der Waals surface area contributed by atoms with E-state index in [1.54, 1.807) is 30.5 Å². The van der Waals surface area contributed by atoms with Gasteiger partial charge >= 0.3 is 18.1 Å². The molecule has 0 atom stereocenters. The van der Waals surface area contributed by atoms with E-state index < -0.39 is 29.5 Å². The zero-order valence-electron chi connectivity index (χ0n) is 21.0. The first kappa shape index (κ1) is 27.0. The van der Waals surface area contributed by atoms with Crippen LogP contribution in [0.15, 0.2) is 54.7 Å². The monoisotopic (exact) mass is 559 g/mol. The zero-order chi connectivity index (χ0) is 28.7. The Morgan fingerprint density at radius 2 is 1.82 bits per heavy atom. The Hall–Kier alpha value is -4.62. The fourth-order valence-electron chi connectivity index (χ4n) is 4.66. The summed E-state index contributed by atoms with van der Waals surface area (Å²) in [4.78, 5) is 15.7. The third-order valence-electron chi connectivity index (χ3n) is 6.56. The van der Waals surface area contributed by atoms with Crippen LogP contribution < -0.4 is 0 Å². The quantitative estimate of drug-likeness (QED) is 0.222. The van der Waals surface area contributed by atoms with Gasteiger partial charge in [-0.15, -0.1) is 10.2 Å². The summed E-state index contributed by atoms with van der Waals surface area (Å²) in [6.07, 6.45) is -3.21. The number of unbranched alkanes of at least 4 members (excludes halogenated alkanes) is 1. The molecule has 208 valence electrons. The Morgan fingerprint density at radius 3 is 2.50 bits per heavy atom. The average Bonchev–Trinajstić information content (AvgIpc) is 3.66. The molecule has 3 heterocycles. The number of carboxylic acids is 1. The van der Waals surface area contributed by atoms with E-state index in [2.05, 4.69) is 25.6 Å². The summed E-state index contributed by atoms with van der Waals surface area (Å²) in [7, 11) is 0. The number of aromatic nitrogens is 7. The van der Waals surface area contributed by atoms with Crippen LogP contribution in [0.4, 0.5) is 22.0 Å². The van der Waals surface area contributed by atoms with Gasteiger partial charge in [0.2, 0.25) is 5.82 Å². The third-order valence-corrected chi connectivity index (χ3v) is 6.56. The minimum absolute atomic E-state index is 0.0276. The second kappa shape index (κ2) is 10.2. The molecule has 2 aromatic carbocycles. The largest absolute Gasteiger partial charge is 0.477 e. The maximum Gasteiger partial charge on any atom is 0.459 e. The minimum Gasteiger partial charge on any atom is -0.477 e. The molecule has 0 aliphatic carbocycles. The van der Waals surface area contributed by atoms with Gasteiger partial charge in [0.1, 0.15) is 5.82 Å². The molecule has 0 spiro atoms. The summed E-state index contributed by atoms with van der Waals surface area (Å²) in [6, 6.07) is 14.2. The van der Waals surface area contributed by atoms with E-state index in [1.165, 1.54) is 0 Å². The second-order valence-electron chi connectivity index (χ2n) is 9.08. The Labute approximate surface area is 223 Å². The van der Waals surface area contributed by atoms with E-state index in [1.807, 2.05) is 35.8 Å². The van der Waals surface area contributed by atoms with Crippen molar-refractivity contribution in [3.63, 3.8) is 0 Å². The number of rotatable bonds is 9. The van der Waals surface area contributed by atoms with Gasteiger partial charge in [0.05, 0.1) is 17.7 Å². The van der Waals surface area contributed by atoms with Crippen LogP contribution >= 0.6 is 0 Å². The van der Waals surface area contributed by atoms with E-state index in [-0.39, 0.29) is 18.8 Å². The number of nitrogens with zero attached hydrogens (tertiary/aromatic N) is 6. The van der Waals surface area contributed by atoms with Gasteiger partial charge < -0.3 is 14.2 Å². The summed E-state index contributed by atoms with van der Waals surface area (Å²) in [5, 5.41) is 24.5. The highest BCUT2D eigenvalue weighted by Gasteiger charge is 2.62. The molecule has 0 bridgehead atoms. The van der Waals surface area contributed by atoms with Crippen molar-refractivity contribution in [2.45, 2.75) is 44.8 Å². The number of H-pyrrole nitrogens is 1. The molecular formula is C26H22F5N7O2. The van der Waals surface area contributed by atoms with Crippen LogP contribution in [0, 0.1) is 0 Å². The summed E-state index contributed by atoms with van der Waals surface area (Å²) in [5.74, 6) is -7.16. The Bertz CT molecular complexity index is 1670. The molecule has 0 saturated heterocycles. The maximum atomic E-state index is 14.5. The van der Waals surface area contributed by atoms with Crippen molar-refractivity contribution in [2.24, 2.45) is 0 Å². The van der Waals surface area contributed by atoms with Gasteiger partial charge in [0, 0.05) is 23.6 Å². The van der Waals surface area contributed by atoms with E-state index in [9.17, 15) is 31.9 Å². The lowest BCUT2D eigenvalue weighted by Gasteiger charge is -2.18. The molecule has 9 nitrogen and oxygen atoms in total. The summed E-state index contributed by atoms with van der Waals surface area (Å²) in [6.45, 7) is 1.53. The molecule has 0 radical (unpaired) electrons. The normalized spacial score (nSPS) is 12.3. The van der Waals surface area contributed by atoms with Crippen LogP contribution in [0.2, 0.25) is 0 Å². The van der Waals surface area contributed by atoms with Crippen LogP contribution in [0.1, 0.15) is 47.3 Å². The molecular weight excluding hydrogens is 537 g/mol. The fraction of sp³-hybridized carbons (Fsp3) is 0.269. The standard InChI is InChI=1S/C26H22F5N7O2/c1-2-3-11-20-32-22(25(27,28)26(29,30)31)21(24(39)40)38(20)14-15-7-6-10-18-16(15)12-13-37(18)19-9-5-4-8-17(19)23-33-35-36-34-23/h4-10,12-13H,2-3,11,14H2,1H3,(H,39,40)(H,33,34,35,36). The number of fused-ring (bicyclic) bond motifs is 1. The van der Waals surface area contributed by atoms with Crippen LogP contribution in [0.5, 0.6) is 0 Å². The highest BCUT2D eigenvalue weighted by Crippen LogP contribution is 2.45. The predicted octanol–water partition coefficient (Wildman–Crippen LogP) is 5.75. The number of aryl methyl sites for hydroxylation is 1. The molecule has 14 heteroatoms. The fourth-order valence-corrected chi connectivity index (χ4v) is 4.66. The van der Waals surface area contributed by atoms with Gasteiger partial charge in [0.25, 0.3) is 0 Å². The second-order valence-corrected chi connectivity index (χ2v) is 9.08. The predicted molar refractivity (Wildman–Crippen MR) is 133 cm³/mol. The van der Waals surface area contributed by atoms with Crippen molar-refractivity contribution in [3.05, 3.63) is 77.5 Å². The number of imidazole rings is 1. The number of benzene rings is 2. The highest BCUT2D eigenvalue weighted by molar-refractivity contribution is 5.89. The average molecular weight is 559 g/mol. The summed E-state index contributed by atoms with van der Waals surface area (Å²) in [5.41, 5.74) is -0.428. The molecule has 0 aliphatic heterocycles. The van der Waals surface area contributed by atoms with E-state index >= 15 is 0 Å². The summed E-state index contributed by atoms with van der Waals surface area (Å²) >= 11 is 0. The number of halogens is 5. The van der Waals surface area contributed by atoms with Crippen molar-refractivity contribution in [1.29, 1.82) is 0 Å². The van der Waals surface area contributed by atoms with Crippen molar-refractivity contribution < 1.29 is 31.9 Å². The lowest BCUT2D eigenvalue weighted by molar-refractivity contribution is -0.291. The lowest BCUT2D eigenvalue weighted by Crippen LogP contribution is -2.35. The number of aromatic carboxylic acids is 1. The molecule has 0 aliphatic rings. The first-order valence-electron chi connectivity index (χ1n) is 12.2. The molecule has 0 saturated carbocycles. The van der Waals surface area contributed by atoms with E-state index in [4.69, 9.17) is 0 Å². The summed E-state index contributed by atoms with van der Waals surface area (Å²) < 4.78 is 71.5. The Balaban J connectivity index is 1.65. The number of nitrogens with one attached hydrogen (secondary N) is 1. The first-order chi connectivity index (χ1) is 19.0. The molecule has 40 heavy (non-hydrogen) atoms. The first-order valence-corrected chi connectivity index (χ1v) is 12.2. The zero-order valence-corrected chi connectivity index (χ0v) is 21.0. The number of carbonyl (C=O) groups is 1. The number of carboxylic acid groups (broad SMARTS) is 1. The number of alkyl halides is 5. The molecule has 2 N–H and O–H groups in total. The van der Waals surface area contributed by atoms with Crippen LogP contribution in [0.25, 0.3) is 28.0 Å². The number of hydrogen-bond donors (Lipinski definition) is 2. The van der Waals surface area contributed by atoms with E-state index in [0.29, 0.717) is 46.4 Å². The van der Waals surface area contributed by atoms with Gasteiger partial charge in [-0.3, -0.25) is 0 Å². The molecule has 0 unspecified atom stereocenters. The SMILES string of the molecule is CCCCc1nc(C(F)(F)C(F)(F)F)c(C(=O)O)n1Cc1cccc2c1ccn2-c1ccccc1-c1nn[nH]n1. The minimum atomic E-state index is -6.01. The Kier molecular flexibility index (Phi) is 6.85. The van der Waals surface area contributed by atoms with E-state index in [0.717, 1.165) is 4.57 Å². The Morgan fingerprint density at radius 1 is 1.05 bits per heavy atom.